The van der Waals surface area contributed by atoms with E-state index in [1.807, 2.05) is 25.7 Å². The molecule has 1 saturated heterocycles. The Kier molecular flexibility index (Phi) is 6.80. The monoisotopic (exact) mass is 284 g/mol. The Morgan fingerprint density at radius 1 is 1.35 bits per heavy atom. The summed E-state index contributed by atoms with van der Waals surface area (Å²) in [6.45, 7) is 13.1. The Hall–Kier alpha value is -0.770. The molecule has 1 unspecified atom stereocenters. The molecule has 1 aliphatic heterocycles. The molecule has 0 aromatic heterocycles. The van der Waals surface area contributed by atoms with Crippen molar-refractivity contribution in [2.45, 2.75) is 71.9 Å². The van der Waals surface area contributed by atoms with Crippen LogP contribution in [-0.4, -0.2) is 42.3 Å². The van der Waals surface area contributed by atoms with Gasteiger partial charge in [-0.3, -0.25) is 0 Å². The lowest BCUT2D eigenvalue weighted by Crippen LogP contribution is -2.40. The van der Waals surface area contributed by atoms with Gasteiger partial charge in [-0.2, -0.15) is 0 Å². The molecule has 1 atom stereocenters. The second kappa shape index (κ2) is 7.87. The van der Waals surface area contributed by atoms with Gasteiger partial charge in [-0.1, -0.05) is 13.8 Å². The molecule has 0 radical (unpaired) electrons. The van der Waals surface area contributed by atoms with Crippen molar-refractivity contribution >= 4 is 6.09 Å². The van der Waals surface area contributed by atoms with Crippen LogP contribution in [0, 0.1) is 5.92 Å². The van der Waals surface area contributed by atoms with E-state index in [4.69, 9.17) is 4.74 Å². The summed E-state index contributed by atoms with van der Waals surface area (Å²) in [5.41, 5.74) is -0.403. The van der Waals surface area contributed by atoms with Crippen molar-refractivity contribution in [1.82, 2.24) is 10.2 Å². The maximum Gasteiger partial charge on any atom is 0.410 e. The highest BCUT2D eigenvalue weighted by Crippen LogP contribution is 2.22. The van der Waals surface area contributed by atoms with E-state index < -0.39 is 5.60 Å². The number of ether oxygens (including phenoxy) is 1. The van der Waals surface area contributed by atoms with Crippen LogP contribution < -0.4 is 5.32 Å². The van der Waals surface area contributed by atoms with Gasteiger partial charge in [-0.05, 0) is 65.5 Å². The van der Waals surface area contributed by atoms with Crippen LogP contribution in [0.1, 0.15) is 60.3 Å². The van der Waals surface area contributed by atoms with Crippen molar-refractivity contribution in [3.63, 3.8) is 0 Å². The average Bonchev–Trinajstić information content (AvgIpc) is 2.74. The van der Waals surface area contributed by atoms with Gasteiger partial charge in [-0.15, -0.1) is 0 Å². The Bertz CT molecular complexity index is 297. The fourth-order valence-electron chi connectivity index (χ4n) is 2.48. The largest absolute Gasteiger partial charge is 0.444 e. The fraction of sp³-hybridized carbons (Fsp3) is 0.938. The Balaban J connectivity index is 2.28. The highest BCUT2D eigenvalue weighted by atomic mass is 16.6. The summed E-state index contributed by atoms with van der Waals surface area (Å²) in [6.07, 6.45) is 4.28. The van der Waals surface area contributed by atoms with Gasteiger partial charge in [0.25, 0.3) is 0 Å². The number of likely N-dealkylation sites (tertiary alicyclic amines) is 1. The standard InChI is InChI=1S/C16H32N2O2/c1-13(2)8-10-17-11-9-14-7-6-12-18(14)15(19)20-16(3,4)5/h13-14,17H,6-12H2,1-5H3. The van der Waals surface area contributed by atoms with Crippen LogP contribution in [0.25, 0.3) is 0 Å². The molecule has 0 bridgehead atoms. The first kappa shape index (κ1) is 17.3. The van der Waals surface area contributed by atoms with E-state index in [0.29, 0.717) is 6.04 Å². The van der Waals surface area contributed by atoms with Crippen LogP contribution >= 0.6 is 0 Å². The van der Waals surface area contributed by atoms with Crippen molar-refractivity contribution in [3.8, 4) is 0 Å². The van der Waals surface area contributed by atoms with Gasteiger partial charge < -0.3 is 15.0 Å². The van der Waals surface area contributed by atoms with Gasteiger partial charge >= 0.3 is 6.09 Å². The lowest BCUT2D eigenvalue weighted by molar-refractivity contribution is 0.0221. The zero-order chi connectivity index (χ0) is 15.2. The van der Waals surface area contributed by atoms with Gasteiger partial charge in [0.2, 0.25) is 0 Å². The normalized spacial score (nSPS) is 19.7. The molecule has 0 aliphatic carbocycles. The molecule has 20 heavy (non-hydrogen) atoms. The van der Waals surface area contributed by atoms with Crippen molar-refractivity contribution in [2.75, 3.05) is 19.6 Å². The molecule has 1 amide bonds. The summed E-state index contributed by atoms with van der Waals surface area (Å²) in [6, 6.07) is 0.344. The minimum atomic E-state index is -0.403. The van der Waals surface area contributed by atoms with Gasteiger partial charge in [0.05, 0.1) is 0 Å². The Morgan fingerprint density at radius 3 is 2.65 bits per heavy atom. The number of rotatable bonds is 6. The zero-order valence-electron chi connectivity index (χ0n) is 13.9. The summed E-state index contributed by atoms with van der Waals surface area (Å²) in [7, 11) is 0. The van der Waals surface area contributed by atoms with Crippen molar-refractivity contribution < 1.29 is 9.53 Å². The highest BCUT2D eigenvalue weighted by molar-refractivity contribution is 5.68. The lowest BCUT2D eigenvalue weighted by atomic mass is 10.1. The molecular formula is C16H32N2O2. The SMILES string of the molecule is CC(C)CCNCCC1CCCN1C(=O)OC(C)(C)C. The first-order chi connectivity index (χ1) is 9.29. The van der Waals surface area contributed by atoms with E-state index in [2.05, 4.69) is 19.2 Å². The third-order valence-electron chi connectivity index (χ3n) is 3.56. The summed E-state index contributed by atoms with van der Waals surface area (Å²) < 4.78 is 5.48. The number of hydrogen-bond acceptors (Lipinski definition) is 3. The molecule has 1 rings (SSSR count). The van der Waals surface area contributed by atoms with Crippen molar-refractivity contribution in [3.05, 3.63) is 0 Å². The first-order valence-electron chi connectivity index (χ1n) is 8.00. The number of amides is 1. The third-order valence-corrected chi connectivity index (χ3v) is 3.56. The predicted octanol–water partition coefficient (Wildman–Crippen LogP) is 3.41. The van der Waals surface area contributed by atoms with E-state index in [1.165, 1.54) is 6.42 Å². The summed E-state index contributed by atoms with van der Waals surface area (Å²) in [5.74, 6) is 0.743. The Morgan fingerprint density at radius 2 is 2.05 bits per heavy atom. The number of nitrogens with one attached hydrogen (secondary N) is 1. The van der Waals surface area contributed by atoms with Crippen LogP contribution in [0.15, 0.2) is 0 Å². The number of hydrogen-bond donors (Lipinski definition) is 1. The Labute approximate surface area is 124 Å². The molecule has 0 aromatic rings. The molecule has 1 heterocycles. The van der Waals surface area contributed by atoms with E-state index in [1.54, 1.807) is 0 Å². The maximum absolute atomic E-state index is 12.1. The third kappa shape index (κ3) is 6.60. The molecule has 1 fully saturated rings. The lowest BCUT2D eigenvalue weighted by Gasteiger charge is -2.28. The average molecular weight is 284 g/mol. The summed E-state index contributed by atoms with van der Waals surface area (Å²) in [5, 5.41) is 3.47. The van der Waals surface area contributed by atoms with Crippen molar-refractivity contribution in [1.29, 1.82) is 0 Å². The molecule has 4 heteroatoms. The maximum atomic E-state index is 12.1. The second-order valence-electron chi connectivity index (χ2n) is 7.19. The molecule has 1 N–H and O–H groups in total. The number of carbonyl (C=O) groups is 1. The minimum absolute atomic E-state index is 0.151. The molecule has 1 aliphatic rings. The molecule has 4 nitrogen and oxygen atoms in total. The predicted molar refractivity (Wildman–Crippen MR) is 82.9 cm³/mol. The smallest absolute Gasteiger partial charge is 0.410 e. The van der Waals surface area contributed by atoms with Crippen molar-refractivity contribution in [2.24, 2.45) is 5.92 Å². The highest BCUT2D eigenvalue weighted by Gasteiger charge is 2.31. The molecule has 0 spiro atoms. The number of nitrogens with zero attached hydrogens (tertiary/aromatic N) is 1. The zero-order valence-corrected chi connectivity index (χ0v) is 13.9. The van der Waals surface area contributed by atoms with Crippen LogP contribution in [0.4, 0.5) is 4.79 Å². The van der Waals surface area contributed by atoms with E-state index in [-0.39, 0.29) is 6.09 Å². The van der Waals surface area contributed by atoms with Gasteiger partial charge in [0, 0.05) is 12.6 Å². The van der Waals surface area contributed by atoms with Crippen LogP contribution in [0.5, 0.6) is 0 Å². The van der Waals surface area contributed by atoms with Crippen LogP contribution in [0.3, 0.4) is 0 Å². The second-order valence-corrected chi connectivity index (χ2v) is 7.19. The van der Waals surface area contributed by atoms with Gasteiger partial charge in [0.15, 0.2) is 0 Å². The minimum Gasteiger partial charge on any atom is -0.444 e. The molecular weight excluding hydrogens is 252 g/mol. The van der Waals surface area contributed by atoms with Gasteiger partial charge in [-0.25, -0.2) is 4.79 Å². The number of carbonyl (C=O) groups excluding carboxylic acids is 1. The van der Waals surface area contributed by atoms with E-state index in [9.17, 15) is 4.79 Å². The van der Waals surface area contributed by atoms with Crippen LogP contribution in [0.2, 0.25) is 0 Å². The van der Waals surface area contributed by atoms with E-state index >= 15 is 0 Å². The van der Waals surface area contributed by atoms with E-state index in [0.717, 1.165) is 44.8 Å². The molecule has 0 saturated carbocycles. The fourth-order valence-corrected chi connectivity index (χ4v) is 2.48. The quantitative estimate of drug-likeness (QED) is 0.760. The first-order valence-corrected chi connectivity index (χ1v) is 8.00. The van der Waals surface area contributed by atoms with Gasteiger partial charge in [0.1, 0.15) is 5.60 Å². The summed E-state index contributed by atoms with van der Waals surface area (Å²) >= 11 is 0. The summed E-state index contributed by atoms with van der Waals surface area (Å²) in [4.78, 5) is 14.0. The molecule has 118 valence electrons. The topological polar surface area (TPSA) is 41.6 Å². The molecule has 0 aromatic carbocycles. The van der Waals surface area contributed by atoms with Crippen LogP contribution in [-0.2, 0) is 4.74 Å².